The normalized spacial score (nSPS) is 11.9. The summed E-state index contributed by atoms with van der Waals surface area (Å²) in [6, 6.07) is 19.4. The van der Waals surface area contributed by atoms with Crippen molar-refractivity contribution in [2.75, 3.05) is 18.6 Å². The summed E-state index contributed by atoms with van der Waals surface area (Å²) in [5.74, 6) is 0. The Morgan fingerprint density at radius 1 is 0.818 bits per heavy atom. The molecule has 0 radical (unpaired) electrons. The van der Waals surface area contributed by atoms with Crippen LogP contribution in [0.5, 0.6) is 0 Å². The zero-order chi connectivity index (χ0) is 25.4. The molecule has 1 N–H and O–H groups in total. The van der Waals surface area contributed by atoms with E-state index in [0.717, 1.165) is 11.3 Å². The van der Waals surface area contributed by atoms with E-state index in [2.05, 4.69) is 91.9 Å². The monoisotopic (exact) mass is 585 g/mol. The van der Waals surface area contributed by atoms with Crippen LogP contribution in [-0.2, 0) is 30.5 Å². The van der Waals surface area contributed by atoms with E-state index in [1.807, 2.05) is 37.4 Å². The fourth-order valence-electron chi connectivity index (χ4n) is 4.52. The Labute approximate surface area is 218 Å². The third kappa shape index (κ3) is 15.0. The van der Waals surface area contributed by atoms with Crippen molar-refractivity contribution in [3.63, 3.8) is 0 Å². The first-order chi connectivity index (χ1) is 14.3. The molecule has 2 aromatic rings. The zero-order valence-corrected chi connectivity index (χ0v) is 25.3. The topological polar surface area (TPSA) is 69.2 Å². The van der Waals surface area contributed by atoms with Crippen molar-refractivity contribution >= 4 is 23.7 Å². The second-order valence-corrected chi connectivity index (χ2v) is 16.7. The van der Waals surface area contributed by atoms with E-state index in [1.54, 1.807) is 0 Å². The third-order valence-electron chi connectivity index (χ3n) is 4.21. The molecule has 2 aromatic carbocycles. The number of benzene rings is 2. The second kappa shape index (κ2) is 14.0. The van der Waals surface area contributed by atoms with Crippen LogP contribution in [0.15, 0.2) is 48.5 Å². The molecular formula is C26H42NO3PPdS. The van der Waals surface area contributed by atoms with Crippen molar-refractivity contribution in [3.05, 3.63) is 54.6 Å². The number of hydrogen-bond donors (Lipinski definition) is 1. The Balaban J connectivity index is 0. The van der Waals surface area contributed by atoms with Crippen LogP contribution in [0.3, 0.4) is 0 Å². The van der Waals surface area contributed by atoms with E-state index < -0.39 is 10.1 Å². The second-order valence-electron chi connectivity index (χ2n) is 10.6. The smallest absolute Gasteiger partial charge is 0.748 e. The molecule has 0 fully saturated rings. The Hall–Kier alpha value is -0.758. The van der Waals surface area contributed by atoms with Crippen LogP contribution < -0.4 is 5.32 Å². The molecule has 0 heterocycles. The van der Waals surface area contributed by atoms with Crippen molar-refractivity contribution in [2.45, 2.75) is 77.8 Å². The van der Waals surface area contributed by atoms with E-state index in [4.69, 9.17) is 13.0 Å². The number of rotatable bonds is 2. The molecule has 2 rings (SSSR count). The van der Waals surface area contributed by atoms with E-state index in [1.165, 1.54) is 5.56 Å². The Morgan fingerprint density at radius 2 is 1.21 bits per heavy atom. The minimum atomic E-state index is -3.92. The van der Waals surface area contributed by atoms with E-state index in [0.29, 0.717) is 21.7 Å². The van der Waals surface area contributed by atoms with Gasteiger partial charge in [-0.05, 0) is 27.2 Å². The van der Waals surface area contributed by atoms with Crippen LogP contribution in [0.25, 0.3) is 11.1 Å². The number of hydrogen-bond acceptors (Lipinski definition) is 4. The maximum Gasteiger partial charge on any atom is 2.00 e. The summed E-state index contributed by atoms with van der Waals surface area (Å²) in [5.41, 5.74) is 3.45. The largest absolute Gasteiger partial charge is 2.00 e. The van der Waals surface area contributed by atoms with E-state index >= 15 is 0 Å². The van der Waals surface area contributed by atoms with Gasteiger partial charge < -0.3 is 9.87 Å². The van der Waals surface area contributed by atoms with Gasteiger partial charge in [-0.2, -0.15) is 0 Å². The number of para-hydroxylation sites is 1. The summed E-state index contributed by atoms with van der Waals surface area (Å²) in [6.45, 7) is 21.5. The maximum absolute atomic E-state index is 9.08. The van der Waals surface area contributed by atoms with Gasteiger partial charge >= 0.3 is 20.4 Å². The van der Waals surface area contributed by atoms with Gasteiger partial charge in [-0.15, -0.1) is 35.9 Å². The van der Waals surface area contributed by atoms with Crippen LogP contribution in [0.1, 0.15) is 62.3 Å². The number of anilines is 1. The van der Waals surface area contributed by atoms with Gasteiger partial charge in [0.2, 0.25) is 0 Å². The number of nitrogens with one attached hydrogen (secondary N) is 1. The average Bonchev–Trinajstić information content (AvgIpc) is 2.57. The van der Waals surface area contributed by atoms with Gasteiger partial charge in [0.25, 0.3) is 0 Å². The van der Waals surface area contributed by atoms with Crippen LogP contribution in [0.4, 0.5) is 5.69 Å². The Morgan fingerprint density at radius 3 is 1.52 bits per heavy atom. The predicted molar refractivity (Wildman–Crippen MR) is 142 cm³/mol. The van der Waals surface area contributed by atoms with Crippen molar-refractivity contribution in [1.82, 2.24) is 0 Å². The molecule has 0 aliphatic carbocycles. The quantitative estimate of drug-likeness (QED) is 0.175. The zero-order valence-electron chi connectivity index (χ0n) is 22.0. The van der Waals surface area contributed by atoms with Gasteiger partial charge in [-0.3, -0.25) is 0 Å². The summed E-state index contributed by atoms with van der Waals surface area (Å²) in [7, 11) is -1.97. The van der Waals surface area contributed by atoms with Crippen molar-refractivity contribution < 1.29 is 33.4 Å². The van der Waals surface area contributed by atoms with Crippen molar-refractivity contribution in [3.8, 4) is 11.1 Å². The SMILES string of the molecule is CC(C)(C)P(C(C)(C)C)C(C)(C)C.CNc1ccccc1-c1[c-]cccc1.CS(=O)(=O)[O-].[Pd+2]. The summed E-state index contributed by atoms with van der Waals surface area (Å²) in [5, 5.41) is 4.52. The standard InChI is InChI=1S/C13H12N.C12H27P.CH4O3S.Pd/c1-14-13-10-6-5-9-12(13)11-7-3-2-4-8-11;1-10(2,3)13(11(4,5)6)12(7,8)9;1-5(2,3)4;/h2-7,9-10,14H,1H3;1-9H3;1H3,(H,2,3,4);/q-1;;;+2/p-1. The first-order valence-electron chi connectivity index (χ1n) is 10.7. The molecule has 0 amide bonds. The molecule has 4 nitrogen and oxygen atoms in total. The molecule has 0 aliphatic heterocycles. The van der Waals surface area contributed by atoms with Crippen LogP contribution >= 0.6 is 7.92 Å². The molecule has 33 heavy (non-hydrogen) atoms. The summed E-state index contributed by atoms with van der Waals surface area (Å²) >= 11 is 0. The van der Waals surface area contributed by atoms with Crippen molar-refractivity contribution in [2.24, 2.45) is 0 Å². The Kier molecular flexibility index (Phi) is 14.6. The fraction of sp³-hybridized carbons (Fsp3) is 0.538. The fourth-order valence-corrected chi connectivity index (χ4v) is 10.6. The van der Waals surface area contributed by atoms with E-state index in [-0.39, 0.29) is 28.3 Å². The molecule has 0 spiro atoms. The van der Waals surface area contributed by atoms with Gasteiger partial charge in [0.05, 0.1) is 10.1 Å². The van der Waals surface area contributed by atoms with Gasteiger partial charge in [-0.25, -0.2) is 8.42 Å². The molecule has 7 heteroatoms. The molecule has 0 aliphatic rings. The van der Waals surface area contributed by atoms with Gasteiger partial charge in [0, 0.05) is 13.3 Å². The molecule has 0 unspecified atom stereocenters. The minimum absolute atomic E-state index is 0. The van der Waals surface area contributed by atoms with Gasteiger partial charge in [0.1, 0.15) is 0 Å². The molecule has 0 saturated heterocycles. The summed E-state index contributed by atoms with van der Waals surface area (Å²) in [4.78, 5) is 0. The summed E-state index contributed by atoms with van der Waals surface area (Å²) < 4.78 is 27.2. The third-order valence-corrected chi connectivity index (χ3v) is 8.23. The van der Waals surface area contributed by atoms with Gasteiger partial charge in [-0.1, -0.05) is 94.0 Å². The predicted octanol–water partition coefficient (Wildman–Crippen LogP) is 7.22. The van der Waals surface area contributed by atoms with Crippen molar-refractivity contribution in [1.29, 1.82) is 0 Å². The maximum atomic E-state index is 9.08. The van der Waals surface area contributed by atoms with Crippen LogP contribution in [0.2, 0.25) is 0 Å². The molecular weight excluding hydrogens is 544 g/mol. The first kappa shape index (κ1) is 34.4. The summed E-state index contributed by atoms with van der Waals surface area (Å²) in [6.07, 6.45) is 0.604. The average molecular weight is 586 g/mol. The van der Waals surface area contributed by atoms with Crippen LogP contribution in [0, 0.1) is 6.07 Å². The first-order valence-corrected chi connectivity index (χ1v) is 13.9. The molecule has 0 aromatic heterocycles. The Bertz CT molecular complexity index is 872. The van der Waals surface area contributed by atoms with E-state index in [9.17, 15) is 0 Å². The van der Waals surface area contributed by atoms with Gasteiger partial charge in [0.15, 0.2) is 0 Å². The molecule has 0 bridgehead atoms. The minimum Gasteiger partial charge on any atom is -0.748 e. The van der Waals surface area contributed by atoms with Crippen LogP contribution in [-0.4, -0.2) is 41.7 Å². The molecule has 0 saturated carbocycles. The molecule has 0 atom stereocenters. The molecule has 190 valence electrons.